The molecule has 34 heavy (non-hydrogen) atoms. The Balaban J connectivity index is 1.67. The SMILES string of the molecule is CCc1c(C)nc(-n2nc(-c3ccco3)cc2NC(=O)Cc2ccc(OC)c(OC)c2)[nH]c1=O. The molecular weight excluding hydrogens is 438 g/mol. The number of nitrogens with zero attached hydrogens (tertiary/aromatic N) is 3. The molecule has 10 heteroatoms. The topological polar surface area (TPSA) is 124 Å². The fraction of sp³-hybridized carbons (Fsp3) is 0.250. The number of anilines is 1. The van der Waals surface area contributed by atoms with E-state index in [2.05, 4.69) is 20.4 Å². The molecule has 3 heterocycles. The molecule has 0 saturated carbocycles. The number of hydrogen-bond donors (Lipinski definition) is 2. The fourth-order valence-electron chi connectivity index (χ4n) is 3.65. The molecule has 4 rings (SSSR count). The zero-order valence-corrected chi connectivity index (χ0v) is 19.3. The predicted molar refractivity (Wildman–Crippen MR) is 126 cm³/mol. The van der Waals surface area contributed by atoms with Crippen LogP contribution in [0.25, 0.3) is 17.4 Å². The Morgan fingerprint density at radius 3 is 2.62 bits per heavy atom. The van der Waals surface area contributed by atoms with Gasteiger partial charge < -0.3 is 19.2 Å². The first kappa shape index (κ1) is 22.8. The molecule has 0 bridgehead atoms. The van der Waals surface area contributed by atoms with Gasteiger partial charge in [0.15, 0.2) is 17.3 Å². The lowest BCUT2D eigenvalue weighted by Gasteiger charge is -2.11. The highest BCUT2D eigenvalue weighted by Crippen LogP contribution is 2.28. The molecule has 10 nitrogen and oxygen atoms in total. The van der Waals surface area contributed by atoms with Crippen molar-refractivity contribution < 1.29 is 18.7 Å². The molecule has 0 aliphatic rings. The van der Waals surface area contributed by atoms with E-state index in [0.717, 1.165) is 5.56 Å². The van der Waals surface area contributed by atoms with Gasteiger partial charge in [-0.1, -0.05) is 13.0 Å². The van der Waals surface area contributed by atoms with Crippen molar-refractivity contribution in [2.24, 2.45) is 0 Å². The van der Waals surface area contributed by atoms with E-state index >= 15 is 0 Å². The van der Waals surface area contributed by atoms with Crippen molar-refractivity contribution >= 4 is 11.7 Å². The maximum absolute atomic E-state index is 12.9. The average Bonchev–Trinajstić information content (AvgIpc) is 3.49. The Bertz CT molecular complexity index is 1370. The number of furan rings is 1. The summed E-state index contributed by atoms with van der Waals surface area (Å²) in [6, 6.07) is 10.4. The minimum Gasteiger partial charge on any atom is -0.493 e. The van der Waals surface area contributed by atoms with E-state index in [9.17, 15) is 9.59 Å². The van der Waals surface area contributed by atoms with E-state index < -0.39 is 0 Å². The second-order valence-electron chi connectivity index (χ2n) is 7.53. The average molecular weight is 463 g/mol. The summed E-state index contributed by atoms with van der Waals surface area (Å²) in [5.41, 5.74) is 2.16. The Morgan fingerprint density at radius 1 is 1.18 bits per heavy atom. The number of amides is 1. The number of aryl methyl sites for hydroxylation is 1. The number of aromatic amines is 1. The smallest absolute Gasteiger partial charge is 0.255 e. The second kappa shape index (κ2) is 9.65. The van der Waals surface area contributed by atoms with Crippen LogP contribution in [0.15, 0.2) is 51.9 Å². The van der Waals surface area contributed by atoms with Crippen LogP contribution in [0.1, 0.15) is 23.7 Å². The van der Waals surface area contributed by atoms with Crippen LogP contribution in [0.5, 0.6) is 11.5 Å². The van der Waals surface area contributed by atoms with Gasteiger partial charge in [0, 0.05) is 17.3 Å². The summed E-state index contributed by atoms with van der Waals surface area (Å²) in [5.74, 6) is 1.87. The molecule has 3 aromatic heterocycles. The molecule has 0 atom stereocenters. The number of H-pyrrole nitrogens is 1. The van der Waals surface area contributed by atoms with Crippen LogP contribution in [-0.2, 0) is 17.6 Å². The molecule has 4 aromatic rings. The normalized spacial score (nSPS) is 10.8. The van der Waals surface area contributed by atoms with Gasteiger partial charge in [-0.05, 0) is 43.2 Å². The van der Waals surface area contributed by atoms with Crippen molar-refractivity contribution in [2.45, 2.75) is 26.7 Å². The van der Waals surface area contributed by atoms with Crippen LogP contribution in [0.2, 0.25) is 0 Å². The van der Waals surface area contributed by atoms with E-state index in [0.29, 0.717) is 46.4 Å². The molecule has 0 aliphatic carbocycles. The second-order valence-corrected chi connectivity index (χ2v) is 7.53. The van der Waals surface area contributed by atoms with Crippen LogP contribution >= 0.6 is 0 Å². The number of ether oxygens (including phenoxy) is 2. The summed E-state index contributed by atoms with van der Waals surface area (Å²) in [7, 11) is 3.09. The maximum atomic E-state index is 12.9. The minimum atomic E-state index is -0.288. The number of rotatable bonds is 8. The van der Waals surface area contributed by atoms with Gasteiger partial charge >= 0.3 is 0 Å². The summed E-state index contributed by atoms with van der Waals surface area (Å²) in [4.78, 5) is 32.7. The Morgan fingerprint density at radius 2 is 1.97 bits per heavy atom. The van der Waals surface area contributed by atoms with E-state index in [1.165, 1.54) is 18.1 Å². The summed E-state index contributed by atoms with van der Waals surface area (Å²) < 4.78 is 17.4. The lowest BCUT2D eigenvalue weighted by molar-refractivity contribution is -0.115. The molecule has 0 unspecified atom stereocenters. The number of hydrogen-bond acceptors (Lipinski definition) is 7. The van der Waals surface area contributed by atoms with Crippen molar-refractivity contribution in [2.75, 3.05) is 19.5 Å². The number of carbonyl (C=O) groups is 1. The van der Waals surface area contributed by atoms with Crippen molar-refractivity contribution in [3.05, 3.63) is 69.8 Å². The van der Waals surface area contributed by atoms with Crippen LogP contribution < -0.4 is 20.3 Å². The van der Waals surface area contributed by atoms with Crippen LogP contribution in [0, 0.1) is 6.92 Å². The minimum absolute atomic E-state index is 0.0827. The van der Waals surface area contributed by atoms with Crippen LogP contribution in [0.4, 0.5) is 5.82 Å². The zero-order chi connectivity index (χ0) is 24.2. The van der Waals surface area contributed by atoms with E-state index in [4.69, 9.17) is 13.9 Å². The highest BCUT2D eigenvalue weighted by Gasteiger charge is 2.18. The molecular formula is C24H25N5O5. The first-order valence-electron chi connectivity index (χ1n) is 10.7. The monoisotopic (exact) mass is 463 g/mol. The molecule has 1 aromatic carbocycles. The molecule has 0 radical (unpaired) electrons. The van der Waals surface area contributed by atoms with Gasteiger partial charge in [0.25, 0.3) is 5.56 Å². The molecule has 176 valence electrons. The number of nitrogens with one attached hydrogen (secondary N) is 2. The number of methoxy groups -OCH3 is 2. The molecule has 0 spiro atoms. The van der Waals surface area contributed by atoms with Gasteiger partial charge in [0.1, 0.15) is 11.5 Å². The van der Waals surface area contributed by atoms with Gasteiger partial charge in [-0.2, -0.15) is 9.78 Å². The third kappa shape index (κ3) is 4.56. The molecule has 0 fully saturated rings. The van der Waals surface area contributed by atoms with E-state index in [1.54, 1.807) is 50.4 Å². The van der Waals surface area contributed by atoms with Crippen molar-refractivity contribution in [3.63, 3.8) is 0 Å². The summed E-state index contributed by atoms with van der Waals surface area (Å²) in [6.45, 7) is 3.66. The van der Waals surface area contributed by atoms with Gasteiger partial charge in [-0.25, -0.2) is 4.98 Å². The fourth-order valence-corrected chi connectivity index (χ4v) is 3.65. The molecule has 1 amide bonds. The highest BCUT2D eigenvalue weighted by atomic mass is 16.5. The predicted octanol–water partition coefficient (Wildman–Crippen LogP) is 3.28. The molecule has 2 N–H and O–H groups in total. The largest absolute Gasteiger partial charge is 0.493 e. The van der Waals surface area contributed by atoms with Crippen LogP contribution in [0.3, 0.4) is 0 Å². The molecule has 0 saturated heterocycles. The number of carbonyl (C=O) groups excluding carboxylic acids is 1. The summed E-state index contributed by atoms with van der Waals surface area (Å²) >= 11 is 0. The van der Waals surface area contributed by atoms with Crippen molar-refractivity contribution in [3.8, 4) is 28.9 Å². The third-order valence-electron chi connectivity index (χ3n) is 5.33. The van der Waals surface area contributed by atoms with E-state index in [1.807, 2.05) is 6.92 Å². The zero-order valence-electron chi connectivity index (χ0n) is 19.3. The Labute approximate surface area is 195 Å². The maximum Gasteiger partial charge on any atom is 0.255 e. The quantitative estimate of drug-likeness (QED) is 0.411. The van der Waals surface area contributed by atoms with Gasteiger partial charge in [-0.15, -0.1) is 0 Å². The van der Waals surface area contributed by atoms with Crippen molar-refractivity contribution in [1.82, 2.24) is 19.7 Å². The lowest BCUT2D eigenvalue weighted by Crippen LogP contribution is -2.22. The summed E-state index contributed by atoms with van der Waals surface area (Å²) in [6.07, 6.45) is 2.17. The first-order chi connectivity index (χ1) is 16.4. The van der Waals surface area contributed by atoms with Gasteiger partial charge in [0.05, 0.1) is 26.9 Å². The third-order valence-corrected chi connectivity index (χ3v) is 5.33. The van der Waals surface area contributed by atoms with Gasteiger partial charge in [-0.3, -0.25) is 14.6 Å². The standard InChI is InChI=1S/C24H25N5O5/c1-5-16-14(2)25-24(27-23(16)31)29-21(13-17(28-29)18-7-6-10-34-18)26-22(30)12-15-8-9-19(32-3)20(11-15)33-4/h6-11,13H,5,12H2,1-4H3,(H,26,30)(H,25,27,31). The van der Waals surface area contributed by atoms with Crippen molar-refractivity contribution in [1.29, 1.82) is 0 Å². The number of aromatic nitrogens is 4. The van der Waals surface area contributed by atoms with E-state index in [-0.39, 0.29) is 23.8 Å². The summed E-state index contributed by atoms with van der Waals surface area (Å²) in [5, 5.41) is 7.37. The Hall–Kier alpha value is -4.34. The lowest BCUT2D eigenvalue weighted by atomic mass is 10.1. The number of benzene rings is 1. The van der Waals surface area contributed by atoms with Crippen LogP contribution in [-0.4, -0.2) is 39.9 Å². The first-order valence-corrected chi connectivity index (χ1v) is 10.7. The molecule has 0 aliphatic heterocycles. The Kier molecular flexibility index (Phi) is 6.48. The highest BCUT2D eigenvalue weighted by molar-refractivity contribution is 5.92. The van der Waals surface area contributed by atoms with Gasteiger partial charge in [0.2, 0.25) is 11.9 Å².